The van der Waals surface area contributed by atoms with E-state index in [4.69, 9.17) is 4.52 Å². The molecule has 0 unspecified atom stereocenters. The Morgan fingerprint density at radius 2 is 1.96 bits per heavy atom. The SMILES string of the molecule is O=C(c1cc(C2CC2)no1)N1C[C@@H](CN2CCCCC2)[C@@H](CO)C1. The highest BCUT2D eigenvalue weighted by molar-refractivity contribution is 5.91. The summed E-state index contributed by atoms with van der Waals surface area (Å²) in [6.07, 6.45) is 6.15. The molecule has 3 heterocycles. The van der Waals surface area contributed by atoms with Gasteiger partial charge in [-0.15, -0.1) is 0 Å². The molecule has 4 rings (SSSR count). The number of nitrogens with zero attached hydrogens (tertiary/aromatic N) is 3. The van der Waals surface area contributed by atoms with Crippen molar-refractivity contribution in [3.8, 4) is 0 Å². The van der Waals surface area contributed by atoms with Crippen LogP contribution in [0.4, 0.5) is 0 Å². The lowest BCUT2D eigenvalue weighted by Gasteiger charge is -2.30. The standard InChI is InChI=1S/C18H27N3O3/c22-12-15-11-21(10-14(15)9-20-6-2-1-3-7-20)18(23)17-8-16(19-24-17)13-4-5-13/h8,13-15,22H,1-7,9-12H2/t14-,15-/m1/s1. The molecule has 2 saturated heterocycles. The minimum Gasteiger partial charge on any atom is -0.396 e. The van der Waals surface area contributed by atoms with Crippen molar-refractivity contribution in [3.63, 3.8) is 0 Å². The topological polar surface area (TPSA) is 69.8 Å². The van der Waals surface area contributed by atoms with Crippen LogP contribution >= 0.6 is 0 Å². The summed E-state index contributed by atoms with van der Waals surface area (Å²) in [6, 6.07) is 1.81. The molecule has 1 N–H and O–H groups in total. The molecule has 1 saturated carbocycles. The third-order valence-corrected chi connectivity index (χ3v) is 5.77. The third kappa shape index (κ3) is 3.35. The zero-order chi connectivity index (χ0) is 16.5. The Bertz CT molecular complexity index is 578. The molecule has 6 nitrogen and oxygen atoms in total. The summed E-state index contributed by atoms with van der Waals surface area (Å²) in [4.78, 5) is 17.0. The average Bonchev–Trinajstić information content (AvgIpc) is 3.20. The molecule has 0 bridgehead atoms. The van der Waals surface area contributed by atoms with Crippen molar-refractivity contribution in [2.45, 2.75) is 38.0 Å². The summed E-state index contributed by atoms with van der Waals surface area (Å²) in [6.45, 7) is 4.75. The van der Waals surface area contributed by atoms with Crippen LogP contribution in [0.3, 0.4) is 0 Å². The van der Waals surface area contributed by atoms with Crippen LogP contribution < -0.4 is 0 Å². The van der Waals surface area contributed by atoms with E-state index in [-0.39, 0.29) is 18.4 Å². The van der Waals surface area contributed by atoms with Gasteiger partial charge in [-0.25, -0.2) is 0 Å². The molecule has 6 heteroatoms. The minimum absolute atomic E-state index is 0.0750. The van der Waals surface area contributed by atoms with Gasteiger partial charge in [-0.2, -0.15) is 0 Å². The molecule has 2 atom stereocenters. The fraction of sp³-hybridized carbons (Fsp3) is 0.778. The van der Waals surface area contributed by atoms with Gasteiger partial charge in [0.25, 0.3) is 5.91 Å². The van der Waals surface area contributed by atoms with Gasteiger partial charge in [0.2, 0.25) is 5.76 Å². The Kier molecular flexibility index (Phi) is 4.59. The summed E-state index contributed by atoms with van der Waals surface area (Å²) < 4.78 is 5.28. The fourth-order valence-corrected chi connectivity index (χ4v) is 4.11. The predicted octanol–water partition coefficient (Wildman–Crippen LogP) is 1.72. The number of amides is 1. The zero-order valence-corrected chi connectivity index (χ0v) is 14.2. The molecule has 1 amide bonds. The molecule has 24 heavy (non-hydrogen) atoms. The van der Waals surface area contributed by atoms with Gasteiger partial charge in [-0.3, -0.25) is 4.79 Å². The van der Waals surface area contributed by atoms with Crippen molar-refractivity contribution in [1.29, 1.82) is 0 Å². The monoisotopic (exact) mass is 333 g/mol. The van der Waals surface area contributed by atoms with E-state index in [1.807, 2.05) is 11.0 Å². The first-order valence-electron chi connectivity index (χ1n) is 9.33. The summed E-state index contributed by atoms with van der Waals surface area (Å²) in [5.41, 5.74) is 0.918. The molecule has 3 fully saturated rings. The van der Waals surface area contributed by atoms with E-state index in [1.54, 1.807) is 0 Å². The van der Waals surface area contributed by atoms with Crippen LogP contribution in [0.5, 0.6) is 0 Å². The van der Waals surface area contributed by atoms with Crippen molar-refractivity contribution in [2.75, 3.05) is 39.3 Å². The number of aliphatic hydroxyl groups is 1. The van der Waals surface area contributed by atoms with Crippen LogP contribution in [0.25, 0.3) is 0 Å². The first kappa shape index (κ1) is 16.1. The number of carbonyl (C=O) groups excluding carboxylic acids is 1. The van der Waals surface area contributed by atoms with Crippen LogP contribution in [0.1, 0.15) is 54.3 Å². The molecule has 1 aromatic heterocycles. The highest BCUT2D eigenvalue weighted by Crippen LogP contribution is 2.39. The van der Waals surface area contributed by atoms with Crippen LogP contribution in [-0.2, 0) is 0 Å². The van der Waals surface area contributed by atoms with Crippen molar-refractivity contribution in [2.24, 2.45) is 11.8 Å². The molecule has 1 aromatic rings. The smallest absolute Gasteiger partial charge is 0.292 e. The fourth-order valence-electron chi connectivity index (χ4n) is 4.11. The van der Waals surface area contributed by atoms with Gasteiger partial charge in [0.15, 0.2) is 0 Å². The predicted molar refractivity (Wildman–Crippen MR) is 88.7 cm³/mol. The first-order chi connectivity index (χ1) is 11.7. The summed E-state index contributed by atoms with van der Waals surface area (Å²) in [7, 11) is 0. The molecule has 0 radical (unpaired) electrons. The average molecular weight is 333 g/mol. The number of rotatable bonds is 5. The number of aliphatic hydroxyl groups excluding tert-OH is 1. The van der Waals surface area contributed by atoms with Gasteiger partial charge in [0.1, 0.15) is 0 Å². The second kappa shape index (κ2) is 6.84. The highest BCUT2D eigenvalue weighted by Gasteiger charge is 2.38. The van der Waals surface area contributed by atoms with Crippen LogP contribution in [0.15, 0.2) is 10.6 Å². The van der Waals surface area contributed by atoms with Crippen LogP contribution in [-0.4, -0.2) is 65.3 Å². The Balaban J connectivity index is 1.39. The van der Waals surface area contributed by atoms with E-state index in [9.17, 15) is 9.90 Å². The van der Waals surface area contributed by atoms with Crippen molar-refractivity contribution >= 4 is 5.91 Å². The van der Waals surface area contributed by atoms with Crippen molar-refractivity contribution < 1.29 is 14.4 Å². The maximum absolute atomic E-state index is 12.7. The molecule has 1 aliphatic carbocycles. The maximum Gasteiger partial charge on any atom is 0.292 e. The molecule has 0 aromatic carbocycles. The molecular formula is C18H27N3O3. The first-order valence-corrected chi connectivity index (χ1v) is 9.33. The second-order valence-electron chi connectivity index (χ2n) is 7.66. The van der Waals surface area contributed by atoms with Gasteiger partial charge >= 0.3 is 0 Å². The lowest BCUT2D eigenvalue weighted by molar-refractivity contribution is 0.0737. The van der Waals surface area contributed by atoms with E-state index in [0.717, 1.165) is 38.2 Å². The number of aromatic nitrogens is 1. The molecular weight excluding hydrogens is 306 g/mol. The lowest BCUT2D eigenvalue weighted by Crippen LogP contribution is -2.37. The second-order valence-corrected chi connectivity index (χ2v) is 7.66. The van der Waals surface area contributed by atoms with Crippen LogP contribution in [0.2, 0.25) is 0 Å². The van der Waals surface area contributed by atoms with E-state index >= 15 is 0 Å². The number of likely N-dealkylation sites (tertiary alicyclic amines) is 2. The summed E-state index contributed by atoms with van der Waals surface area (Å²) in [5, 5.41) is 13.8. The molecule has 3 aliphatic rings. The summed E-state index contributed by atoms with van der Waals surface area (Å²) in [5.74, 6) is 1.29. The Labute approximate surface area is 142 Å². The largest absolute Gasteiger partial charge is 0.396 e. The van der Waals surface area contributed by atoms with Crippen molar-refractivity contribution in [1.82, 2.24) is 15.0 Å². The maximum atomic E-state index is 12.7. The molecule has 2 aliphatic heterocycles. The van der Waals surface area contributed by atoms with Gasteiger partial charge in [-0.05, 0) is 44.7 Å². The molecule has 132 valence electrons. The summed E-state index contributed by atoms with van der Waals surface area (Å²) >= 11 is 0. The Morgan fingerprint density at radius 3 is 2.67 bits per heavy atom. The quantitative estimate of drug-likeness (QED) is 0.888. The number of piperidine rings is 1. The highest BCUT2D eigenvalue weighted by atomic mass is 16.5. The third-order valence-electron chi connectivity index (χ3n) is 5.77. The van der Waals surface area contributed by atoms with E-state index < -0.39 is 0 Å². The van der Waals surface area contributed by atoms with E-state index in [0.29, 0.717) is 30.7 Å². The Morgan fingerprint density at radius 1 is 1.21 bits per heavy atom. The minimum atomic E-state index is -0.0750. The van der Waals surface area contributed by atoms with E-state index in [1.165, 1.54) is 19.3 Å². The molecule has 0 spiro atoms. The zero-order valence-electron chi connectivity index (χ0n) is 14.2. The van der Waals surface area contributed by atoms with E-state index in [2.05, 4.69) is 10.1 Å². The number of hydrogen-bond acceptors (Lipinski definition) is 5. The van der Waals surface area contributed by atoms with Crippen LogP contribution in [0, 0.1) is 11.8 Å². The normalized spacial score (nSPS) is 28.5. The number of hydrogen-bond donors (Lipinski definition) is 1. The van der Waals surface area contributed by atoms with Gasteiger partial charge in [0.05, 0.1) is 5.69 Å². The van der Waals surface area contributed by atoms with Gasteiger partial charge < -0.3 is 19.4 Å². The Hall–Kier alpha value is -1.40. The lowest BCUT2D eigenvalue weighted by atomic mass is 9.95. The van der Waals surface area contributed by atoms with Gasteiger partial charge in [-0.1, -0.05) is 11.6 Å². The van der Waals surface area contributed by atoms with Gasteiger partial charge in [0, 0.05) is 44.1 Å². The van der Waals surface area contributed by atoms with Crippen molar-refractivity contribution in [3.05, 3.63) is 17.5 Å². The number of carbonyl (C=O) groups is 1.